The molecule has 1 heterocycles. The largest absolute Gasteiger partial charge is 0.505 e. The number of fused-ring (bicyclic) bond motifs is 1. The highest BCUT2D eigenvalue weighted by Crippen LogP contribution is 2.31. The third-order valence-corrected chi connectivity index (χ3v) is 3.53. The summed E-state index contributed by atoms with van der Waals surface area (Å²) in [5.41, 5.74) is 0.618. The number of nitrogens with zero attached hydrogens (tertiary/aromatic N) is 1. The summed E-state index contributed by atoms with van der Waals surface area (Å²) in [4.78, 5) is 25.4. The Hall–Kier alpha value is -2.21. The highest BCUT2D eigenvalue weighted by atomic mass is 79.9. The summed E-state index contributed by atoms with van der Waals surface area (Å²) in [6, 6.07) is 8.11. The first-order chi connectivity index (χ1) is 9.49. The van der Waals surface area contributed by atoms with Gasteiger partial charge in [0.25, 0.3) is 11.8 Å². The molecule has 0 radical (unpaired) electrons. The predicted molar refractivity (Wildman–Crippen MR) is 73.3 cm³/mol. The van der Waals surface area contributed by atoms with Gasteiger partial charge in [-0.15, -0.1) is 0 Å². The van der Waals surface area contributed by atoms with Crippen LogP contribution in [0.25, 0.3) is 0 Å². The van der Waals surface area contributed by atoms with Crippen molar-refractivity contribution in [3.63, 3.8) is 0 Å². The molecule has 0 atom stereocenters. The number of benzene rings is 2. The van der Waals surface area contributed by atoms with E-state index in [9.17, 15) is 14.0 Å². The van der Waals surface area contributed by atoms with Gasteiger partial charge in [0.2, 0.25) is 0 Å². The van der Waals surface area contributed by atoms with Gasteiger partial charge in [0, 0.05) is 10.5 Å². The Labute approximate surface area is 121 Å². The fourth-order valence-electron chi connectivity index (χ4n) is 2.08. The molecule has 0 unspecified atom stereocenters. The standard InChI is InChI=1S/C14H7BrFNO3/c15-7-1-3-9-10(5-7)14(20)17(13(9)19)8-2-4-12(18)11(16)6-8/h1-6,18H. The molecule has 4 nitrogen and oxygen atoms in total. The molecular weight excluding hydrogens is 329 g/mol. The second-order valence-corrected chi connectivity index (χ2v) is 5.19. The van der Waals surface area contributed by atoms with Gasteiger partial charge in [0.05, 0.1) is 16.8 Å². The van der Waals surface area contributed by atoms with Gasteiger partial charge >= 0.3 is 0 Å². The molecule has 0 bridgehead atoms. The molecule has 0 saturated heterocycles. The zero-order chi connectivity index (χ0) is 14.4. The number of amides is 2. The lowest BCUT2D eigenvalue weighted by molar-refractivity contribution is 0.0926. The van der Waals surface area contributed by atoms with Crippen LogP contribution in [0, 0.1) is 5.82 Å². The number of aromatic hydroxyl groups is 1. The van der Waals surface area contributed by atoms with Gasteiger partial charge in [-0.3, -0.25) is 9.59 Å². The van der Waals surface area contributed by atoms with E-state index in [1.807, 2.05) is 0 Å². The number of carbonyl (C=O) groups is 2. The van der Waals surface area contributed by atoms with Crippen LogP contribution >= 0.6 is 15.9 Å². The van der Waals surface area contributed by atoms with Gasteiger partial charge in [-0.2, -0.15) is 0 Å². The highest BCUT2D eigenvalue weighted by molar-refractivity contribution is 9.10. The van der Waals surface area contributed by atoms with E-state index in [2.05, 4.69) is 15.9 Å². The lowest BCUT2D eigenvalue weighted by Crippen LogP contribution is -2.29. The Bertz CT molecular complexity index is 760. The molecule has 1 N–H and O–H groups in total. The molecule has 20 heavy (non-hydrogen) atoms. The normalized spacial score (nSPS) is 13.8. The molecule has 6 heteroatoms. The number of hydrogen-bond donors (Lipinski definition) is 1. The van der Waals surface area contributed by atoms with E-state index >= 15 is 0 Å². The van der Waals surface area contributed by atoms with Crippen LogP contribution in [-0.2, 0) is 0 Å². The first-order valence-electron chi connectivity index (χ1n) is 5.66. The first kappa shape index (κ1) is 12.8. The second-order valence-electron chi connectivity index (χ2n) is 4.27. The molecule has 0 aliphatic carbocycles. The van der Waals surface area contributed by atoms with Crippen LogP contribution in [0.4, 0.5) is 10.1 Å². The Morgan fingerprint density at radius 2 is 1.70 bits per heavy atom. The van der Waals surface area contributed by atoms with Crippen molar-refractivity contribution in [2.24, 2.45) is 0 Å². The number of phenols is 1. The number of hydrogen-bond acceptors (Lipinski definition) is 3. The molecule has 2 amide bonds. The van der Waals surface area contributed by atoms with Gasteiger partial charge in [0.15, 0.2) is 11.6 Å². The summed E-state index contributed by atoms with van der Waals surface area (Å²) in [7, 11) is 0. The van der Waals surface area contributed by atoms with Crippen molar-refractivity contribution in [3.8, 4) is 5.75 Å². The molecule has 2 aromatic carbocycles. The van der Waals surface area contributed by atoms with Crippen LogP contribution in [0.15, 0.2) is 40.9 Å². The van der Waals surface area contributed by atoms with E-state index in [-0.39, 0.29) is 16.8 Å². The maximum Gasteiger partial charge on any atom is 0.266 e. The minimum atomic E-state index is -0.889. The van der Waals surface area contributed by atoms with Gasteiger partial charge in [0.1, 0.15) is 0 Å². The SMILES string of the molecule is O=C1c2ccc(Br)cc2C(=O)N1c1ccc(O)c(F)c1. The molecule has 2 aromatic rings. The minimum absolute atomic E-state index is 0.0858. The van der Waals surface area contributed by atoms with Crippen molar-refractivity contribution < 1.29 is 19.1 Å². The van der Waals surface area contributed by atoms with Gasteiger partial charge < -0.3 is 5.11 Å². The number of rotatable bonds is 1. The van der Waals surface area contributed by atoms with E-state index in [4.69, 9.17) is 5.11 Å². The summed E-state index contributed by atoms with van der Waals surface area (Å²) >= 11 is 3.23. The molecular formula is C14H7BrFNO3. The quantitative estimate of drug-likeness (QED) is 0.814. The molecule has 1 aliphatic rings. The lowest BCUT2D eigenvalue weighted by atomic mass is 10.1. The average molecular weight is 336 g/mol. The van der Waals surface area contributed by atoms with Crippen LogP contribution < -0.4 is 4.90 Å². The van der Waals surface area contributed by atoms with E-state index in [1.165, 1.54) is 12.1 Å². The smallest absolute Gasteiger partial charge is 0.266 e. The fraction of sp³-hybridized carbons (Fsp3) is 0. The van der Waals surface area contributed by atoms with E-state index < -0.39 is 23.4 Å². The summed E-state index contributed by atoms with van der Waals surface area (Å²) < 4.78 is 14.0. The van der Waals surface area contributed by atoms with Gasteiger partial charge in [-0.05, 0) is 30.3 Å². The molecule has 3 rings (SSSR count). The maximum absolute atomic E-state index is 13.4. The zero-order valence-electron chi connectivity index (χ0n) is 9.93. The number of anilines is 1. The highest BCUT2D eigenvalue weighted by Gasteiger charge is 2.36. The monoisotopic (exact) mass is 335 g/mol. The third-order valence-electron chi connectivity index (χ3n) is 3.04. The van der Waals surface area contributed by atoms with Crippen molar-refractivity contribution in [1.82, 2.24) is 0 Å². The molecule has 1 aliphatic heterocycles. The molecule has 0 spiro atoms. The first-order valence-corrected chi connectivity index (χ1v) is 6.45. The Balaban J connectivity index is 2.11. The van der Waals surface area contributed by atoms with E-state index in [0.717, 1.165) is 17.0 Å². The van der Waals surface area contributed by atoms with Crippen molar-refractivity contribution in [1.29, 1.82) is 0 Å². The van der Waals surface area contributed by atoms with Crippen molar-refractivity contribution >= 4 is 33.4 Å². The molecule has 100 valence electrons. The van der Waals surface area contributed by atoms with E-state index in [0.29, 0.717) is 4.47 Å². The Kier molecular flexibility index (Phi) is 2.83. The third kappa shape index (κ3) is 1.80. The number of imide groups is 1. The van der Waals surface area contributed by atoms with Crippen LogP contribution in [-0.4, -0.2) is 16.9 Å². The molecule has 0 fully saturated rings. The maximum atomic E-state index is 13.4. The second kappa shape index (κ2) is 4.42. The Morgan fingerprint density at radius 3 is 2.40 bits per heavy atom. The van der Waals surface area contributed by atoms with Crippen molar-refractivity contribution in [2.45, 2.75) is 0 Å². The van der Waals surface area contributed by atoms with Crippen molar-refractivity contribution in [3.05, 3.63) is 57.8 Å². The number of halogens is 2. The number of phenolic OH excluding ortho intramolecular Hbond substituents is 1. The minimum Gasteiger partial charge on any atom is -0.505 e. The van der Waals surface area contributed by atoms with Gasteiger partial charge in [-0.1, -0.05) is 15.9 Å². The predicted octanol–water partition coefficient (Wildman–Crippen LogP) is 3.09. The van der Waals surface area contributed by atoms with Crippen LogP contribution in [0.5, 0.6) is 5.75 Å². The van der Waals surface area contributed by atoms with Crippen LogP contribution in [0.3, 0.4) is 0 Å². The summed E-state index contributed by atoms with van der Waals surface area (Å²) in [6.45, 7) is 0. The average Bonchev–Trinajstić information content (AvgIpc) is 2.65. The molecule has 0 saturated carbocycles. The van der Waals surface area contributed by atoms with Crippen LogP contribution in [0.1, 0.15) is 20.7 Å². The van der Waals surface area contributed by atoms with E-state index in [1.54, 1.807) is 12.1 Å². The topological polar surface area (TPSA) is 57.6 Å². The Morgan fingerprint density at radius 1 is 1.00 bits per heavy atom. The fourth-order valence-corrected chi connectivity index (χ4v) is 2.44. The summed E-state index contributed by atoms with van der Waals surface area (Å²) in [6.07, 6.45) is 0. The van der Waals surface area contributed by atoms with Gasteiger partial charge in [-0.25, -0.2) is 9.29 Å². The number of carbonyl (C=O) groups excluding carboxylic acids is 2. The lowest BCUT2D eigenvalue weighted by Gasteiger charge is -2.13. The zero-order valence-corrected chi connectivity index (χ0v) is 11.5. The molecule has 0 aromatic heterocycles. The van der Waals surface area contributed by atoms with Crippen LogP contribution in [0.2, 0.25) is 0 Å². The summed E-state index contributed by atoms with van der Waals surface area (Å²) in [5.74, 6) is -2.45. The summed E-state index contributed by atoms with van der Waals surface area (Å²) in [5, 5.41) is 9.16. The van der Waals surface area contributed by atoms with Crippen molar-refractivity contribution in [2.75, 3.05) is 4.90 Å².